The molecule has 0 rings (SSSR count). The lowest BCUT2D eigenvalue weighted by atomic mass is 9.96. The smallest absolute Gasteiger partial charge is 0.336 e. The van der Waals surface area contributed by atoms with Gasteiger partial charge in [-0.3, -0.25) is 23.7 Å². The number of carboxylic acid groups (broad SMARTS) is 2. The molecule has 0 heterocycles. The molecular weight excluding hydrogens is 504 g/mol. The topological polar surface area (TPSA) is 219 Å². The summed E-state index contributed by atoms with van der Waals surface area (Å²) < 4.78 is 40.2. The van der Waals surface area contributed by atoms with Crippen LogP contribution >= 0.6 is 0 Å². The van der Waals surface area contributed by atoms with E-state index in [2.05, 4.69) is 11.7 Å². The Morgan fingerprint density at radius 1 is 0.806 bits per heavy atom. The third kappa shape index (κ3) is 14.7. The van der Waals surface area contributed by atoms with Gasteiger partial charge in [-0.05, 0) is 6.42 Å². The van der Waals surface area contributed by atoms with Crippen LogP contribution in [0.1, 0.15) is 90.4 Å². The van der Waals surface area contributed by atoms with Crippen molar-refractivity contribution in [3.63, 3.8) is 0 Å². The first kappa shape index (κ1) is 33.4. The molecule has 0 spiro atoms. The minimum absolute atomic E-state index is 0.0286. The predicted octanol–water partition coefficient (Wildman–Crippen LogP) is 1.85. The SMILES string of the molecule is CCCCCCCCCCCCOC(=O)CC(O)(CC(=O)OC(=O)C(CC(=O)O)S(=O)(=O)O)C(=O)O. The average Bonchev–Trinajstić information content (AvgIpc) is 2.74. The van der Waals surface area contributed by atoms with Crippen molar-refractivity contribution in [2.75, 3.05) is 6.61 Å². The Labute approximate surface area is 209 Å². The molecule has 208 valence electrons. The van der Waals surface area contributed by atoms with Gasteiger partial charge >= 0.3 is 29.8 Å². The number of rotatable bonds is 20. The lowest BCUT2D eigenvalue weighted by molar-refractivity contribution is -0.175. The first-order valence-corrected chi connectivity index (χ1v) is 13.3. The number of aliphatic carboxylic acids is 2. The van der Waals surface area contributed by atoms with Crippen LogP contribution in [-0.2, 0) is 43.6 Å². The van der Waals surface area contributed by atoms with Crippen LogP contribution in [0.5, 0.6) is 0 Å². The average molecular weight is 541 g/mol. The number of unbranched alkanes of at least 4 members (excludes halogenated alkanes) is 9. The van der Waals surface area contributed by atoms with Gasteiger partial charge in [-0.25, -0.2) is 4.79 Å². The molecule has 0 aliphatic carbocycles. The quantitative estimate of drug-likeness (QED) is 0.0750. The second-order valence-corrected chi connectivity index (χ2v) is 10.1. The Balaban J connectivity index is 4.56. The fourth-order valence-electron chi connectivity index (χ4n) is 3.20. The molecule has 0 aliphatic heterocycles. The van der Waals surface area contributed by atoms with Gasteiger partial charge in [0, 0.05) is 0 Å². The Kier molecular flexibility index (Phi) is 15.8. The zero-order chi connectivity index (χ0) is 27.8. The monoisotopic (exact) mass is 540 g/mol. The van der Waals surface area contributed by atoms with Crippen LogP contribution in [0.25, 0.3) is 0 Å². The second kappa shape index (κ2) is 17.0. The molecule has 13 nitrogen and oxygen atoms in total. The van der Waals surface area contributed by atoms with E-state index in [4.69, 9.17) is 14.4 Å². The van der Waals surface area contributed by atoms with E-state index in [0.717, 1.165) is 25.7 Å². The molecule has 0 amide bonds. The Morgan fingerprint density at radius 3 is 1.72 bits per heavy atom. The van der Waals surface area contributed by atoms with Gasteiger partial charge in [-0.15, -0.1) is 0 Å². The highest BCUT2D eigenvalue weighted by Crippen LogP contribution is 2.19. The fourth-order valence-corrected chi connectivity index (χ4v) is 3.85. The molecule has 0 aliphatic rings. The van der Waals surface area contributed by atoms with Crippen molar-refractivity contribution in [1.82, 2.24) is 0 Å². The first-order valence-electron chi connectivity index (χ1n) is 11.8. The number of aliphatic hydroxyl groups is 1. The van der Waals surface area contributed by atoms with Gasteiger partial charge in [0.15, 0.2) is 10.9 Å². The number of carbonyl (C=O) groups is 5. The summed E-state index contributed by atoms with van der Waals surface area (Å²) in [5.74, 6) is -8.70. The molecule has 36 heavy (non-hydrogen) atoms. The van der Waals surface area contributed by atoms with Crippen LogP contribution in [0.2, 0.25) is 0 Å². The molecule has 0 fully saturated rings. The van der Waals surface area contributed by atoms with Crippen LogP contribution in [0.3, 0.4) is 0 Å². The number of hydrogen-bond acceptors (Lipinski definition) is 10. The second-order valence-electron chi connectivity index (χ2n) is 8.49. The highest BCUT2D eigenvalue weighted by molar-refractivity contribution is 7.87. The van der Waals surface area contributed by atoms with Crippen molar-refractivity contribution in [2.24, 2.45) is 0 Å². The van der Waals surface area contributed by atoms with E-state index in [0.29, 0.717) is 6.42 Å². The summed E-state index contributed by atoms with van der Waals surface area (Å²) in [5.41, 5.74) is -3.04. The molecule has 0 aromatic rings. The lowest BCUT2D eigenvalue weighted by Gasteiger charge is -2.21. The number of esters is 3. The summed E-state index contributed by atoms with van der Waals surface area (Å²) in [4.78, 5) is 57.7. The molecule has 2 unspecified atom stereocenters. The van der Waals surface area contributed by atoms with Crippen molar-refractivity contribution in [1.29, 1.82) is 0 Å². The summed E-state index contributed by atoms with van der Waals surface area (Å²) in [7, 11) is -5.27. The van der Waals surface area contributed by atoms with Gasteiger partial charge in [0.2, 0.25) is 0 Å². The fraction of sp³-hybridized carbons (Fsp3) is 0.773. The highest BCUT2D eigenvalue weighted by atomic mass is 32.2. The number of ether oxygens (including phenoxy) is 2. The third-order valence-electron chi connectivity index (χ3n) is 5.23. The molecule has 4 N–H and O–H groups in total. The van der Waals surface area contributed by atoms with E-state index in [1.165, 1.54) is 32.1 Å². The summed E-state index contributed by atoms with van der Waals surface area (Å²) in [6, 6.07) is 0. The predicted molar refractivity (Wildman–Crippen MR) is 123 cm³/mol. The van der Waals surface area contributed by atoms with E-state index in [1.807, 2.05) is 0 Å². The van der Waals surface area contributed by atoms with Crippen LogP contribution in [-0.4, -0.2) is 75.6 Å². The van der Waals surface area contributed by atoms with Crippen LogP contribution < -0.4 is 0 Å². The summed E-state index contributed by atoms with van der Waals surface area (Å²) in [5, 5.41) is 25.4. The maximum absolute atomic E-state index is 11.9. The van der Waals surface area contributed by atoms with Gasteiger partial charge in [-0.1, -0.05) is 64.7 Å². The minimum atomic E-state index is -5.27. The highest BCUT2D eigenvalue weighted by Gasteiger charge is 2.44. The molecule has 0 radical (unpaired) electrons. The zero-order valence-corrected chi connectivity index (χ0v) is 21.2. The van der Waals surface area contributed by atoms with E-state index in [1.54, 1.807) is 0 Å². The van der Waals surface area contributed by atoms with E-state index >= 15 is 0 Å². The normalized spacial score (nSPS) is 13.9. The standard InChI is InChI=1S/C22H36O13S/c1-2-3-4-5-6-7-8-9-10-11-12-34-18(25)14-22(30,21(28)29)15-19(26)35-20(27)16(13-17(23)24)36(31,32)33/h16,30H,2-15H2,1H3,(H,23,24)(H,28,29)(H,31,32,33). The molecule has 2 atom stereocenters. The molecule has 0 aromatic carbocycles. The van der Waals surface area contributed by atoms with Gasteiger partial charge < -0.3 is 24.8 Å². The van der Waals surface area contributed by atoms with Crippen molar-refractivity contribution in [3.05, 3.63) is 0 Å². The maximum atomic E-state index is 11.9. The van der Waals surface area contributed by atoms with Gasteiger partial charge in [-0.2, -0.15) is 8.42 Å². The van der Waals surface area contributed by atoms with E-state index in [-0.39, 0.29) is 6.61 Å². The van der Waals surface area contributed by atoms with Crippen molar-refractivity contribution < 1.29 is 61.7 Å². The van der Waals surface area contributed by atoms with Gasteiger partial charge in [0.25, 0.3) is 10.1 Å². The molecule has 14 heteroatoms. The Bertz CT molecular complexity index is 852. The maximum Gasteiger partial charge on any atom is 0.336 e. The van der Waals surface area contributed by atoms with Crippen molar-refractivity contribution in [2.45, 2.75) is 101 Å². The molecule has 0 saturated carbocycles. The van der Waals surface area contributed by atoms with Gasteiger partial charge in [0.1, 0.15) is 0 Å². The first-order chi connectivity index (χ1) is 16.7. The van der Waals surface area contributed by atoms with Crippen LogP contribution in [0.4, 0.5) is 0 Å². The molecule has 0 bridgehead atoms. The minimum Gasteiger partial charge on any atom is -0.481 e. The summed E-state index contributed by atoms with van der Waals surface area (Å²) in [6.07, 6.45) is 6.41. The zero-order valence-electron chi connectivity index (χ0n) is 20.3. The largest absolute Gasteiger partial charge is 0.481 e. The van der Waals surface area contributed by atoms with Gasteiger partial charge in [0.05, 0.1) is 25.9 Å². The van der Waals surface area contributed by atoms with Crippen LogP contribution in [0, 0.1) is 0 Å². The summed E-state index contributed by atoms with van der Waals surface area (Å²) in [6.45, 7) is 2.13. The summed E-state index contributed by atoms with van der Waals surface area (Å²) >= 11 is 0. The third-order valence-corrected chi connectivity index (χ3v) is 6.31. The number of carbonyl (C=O) groups excluding carboxylic acids is 3. The Hall–Kier alpha value is -2.58. The van der Waals surface area contributed by atoms with Crippen molar-refractivity contribution in [3.8, 4) is 0 Å². The van der Waals surface area contributed by atoms with E-state index < -0.39 is 70.1 Å². The van der Waals surface area contributed by atoms with E-state index in [9.17, 15) is 42.6 Å². The Morgan fingerprint density at radius 2 is 1.28 bits per heavy atom. The van der Waals surface area contributed by atoms with Crippen LogP contribution in [0.15, 0.2) is 0 Å². The number of hydrogen-bond donors (Lipinski definition) is 4. The number of carboxylic acids is 2. The molecule has 0 aromatic heterocycles. The molecular formula is C22H36O13S. The molecule has 0 saturated heterocycles. The lowest BCUT2D eigenvalue weighted by Crippen LogP contribution is -2.44. The van der Waals surface area contributed by atoms with Crippen molar-refractivity contribution >= 4 is 40.0 Å².